The van der Waals surface area contributed by atoms with Gasteiger partial charge in [0.1, 0.15) is 11.1 Å². The van der Waals surface area contributed by atoms with E-state index in [0.29, 0.717) is 11.1 Å². The van der Waals surface area contributed by atoms with E-state index in [1.54, 1.807) is 46.8 Å². The molecule has 0 fully saturated rings. The molecule has 1 heterocycles. The van der Waals surface area contributed by atoms with E-state index in [9.17, 15) is 9.90 Å². The van der Waals surface area contributed by atoms with Gasteiger partial charge in [0.05, 0.1) is 5.54 Å². The van der Waals surface area contributed by atoms with Gasteiger partial charge < -0.3 is 19.6 Å². The molecule has 0 aliphatic rings. The van der Waals surface area contributed by atoms with Crippen molar-refractivity contribution in [3.8, 4) is 0 Å². The molecule has 0 radical (unpaired) electrons. The molecule has 0 aliphatic heterocycles. The number of nitrogens with one attached hydrogen (secondary N) is 1. The van der Waals surface area contributed by atoms with Crippen LogP contribution in [0.25, 0.3) is 11.1 Å². The minimum Gasteiger partial charge on any atom is -0.444 e. The van der Waals surface area contributed by atoms with Crippen molar-refractivity contribution in [1.29, 1.82) is 0 Å². The zero-order valence-corrected chi connectivity index (χ0v) is 13.5. The minimum absolute atomic E-state index is 0.155. The van der Waals surface area contributed by atoms with Crippen LogP contribution in [0.4, 0.5) is 4.79 Å². The lowest BCUT2D eigenvalue weighted by molar-refractivity contribution is 0.0226. The highest BCUT2D eigenvalue weighted by Gasteiger charge is 2.35. The monoisotopic (exact) mass is 306 g/mol. The number of carbonyl (C=O) groups is 1. The van der Waals surface area contributed by atoms with Crippen molar-refractivity contribution in [3.05, 3.63) is 30.2 Å². The molecule has 0 bridgehead atoms. The Morgan fingerprint density at radius 3 is 2.50 bits per heavy atom. The molecule has 2 rings (SSSR count). The summed E-state index contributed by atoms with van der Waals surface area (Å²) in [4.78, 5) is 16.1. The third-order valence-electron chi connectivity index (χ3n) is 3.05. The first kappa shape index (κ1) is 16.3. The van der Waals surface area contributed by atoms with Crippen molar-refractivity contribution < 1.29 is 19.1 Å². The molecule has 1 unspecified atom stereocenters. The van der Waals surface area contributed by atoms with Crippen molar-refractivity contribution >= 4 is 17.2 Å². The number of hydrogen-bond donors (Lipinski definition) is 2. The fraction of sp³-hybridized carbons (Fsp3) is 0.500. The van der Waals surface area contributed by atoms with Crippen molar-refractivity contribution in [2.75, 3.05) is 0 Å². The topological polar surface area (TPSA) is 84.6 Å². The lowest BCUT2D eigenvalue weighted by Gasteiger charge is -2.31. The number of para-hydroxylation sites is 2. The third kappa shape index (κ3) is 3.76. The fourth-order valence-electron chi connectivity index (χ4n) is 1.95. The molecule has 120 valence electrons. The number of aromatic nitrogens is 1. The van der Waals surface area contributed by atoms with E-state index in [1.165, 1.54) is 0 Å². The molecule has 0 saturated heterocycles. The summed E-state index contributed by atoms with van der Waals surface area (Å²) in [6.45, 7) is 8.68. The van der Waals surface area contributed by atoms with E-state index in [1.807, 2.05) is 12.1 Å². The smallest absolute Gasteiger partial charge is 0.408 e. The van der Waals surface area contributed by atoms with Crippen LogP contribution in [0.15, 0.2) is 28.7 Å². The first-order valence-corrected chi connectivity index (χ1v) is 7.13. The van der Waals surface area contributed by atoms with Gasteiger partial charge >= 0.3 is 6.09 Å². The number of hydrogen-bond acceptors (Lipinski definition) is 5. The number of rotatable bonds is 3. The average Bonchev–Trinajstić information content (AvgIpc) is 2.77. The van der Waals surface area contributed by atoms with Crippen LogP contribution in [-0.4, -0.2) is 27.3 Å². The Morgan fingerprint density at radius 2 is 1.91 bits per heavy atom. The maximum absolute atomic E-state index is 11.9. The summed E-state index contributed by atoms with van der Waals surface area (Å²) in [5.74, 6) is 0.155. The number of fused-ring (bicyclic) bond motifs is 1. The molecule has 6 nitrogen and oxygen atoms in total. The zero-order chi connectivity index (χ0) is 16.5. The zero-order valence-electron chi connectivity index (χ0n) is 13.5. The summed E-state index contributed by atoms with van der Waals surface area (Å²) >= 11 is 0. The van der Waals surface area contributed by atoms with Crippen LogP contribution in [-0.2, 0) is 4.74 Å². The Morgan fingerprint density at radius 1 is 1.27 bits per heavy atom. The Balaban J connectivity index is 2.15. The highest BCUT2D eigenvalue weighted by molar-refractivity contribution is 5.72. The first-order valence-electron chi connectivity index (χ1n) is 7.13. The van der Waals surface area contributed by atoms with E-state index >= 15 is 0 Å². The summed E-state index contributed by atoms with van der Waals surface area (Å²) in [7, 11) is 0. The summed E-state index contributed by atoms with van der Waals surface area (Å²) in [5, 5.41) is 13.1. The predicted octanol–water partition coefficient (Wildman–Crippen LogP) is 3.16. The lowest BCUT2D eigenvalue weighted by Crippen LogP contribution is -2.49. The SMILES string of the molecule is CC(C)(C)OC(=O)NC(C)(C)C(O)c1nc2ccccc2o1. The van der Waals surface area contributed by atoms with Gasteiger partial charge in [-0.15, -0.1) is 0 Å². The molecular formula is C16H22N2O4. The number of oxazole rings is 1. The highest BCUT2D eigenvalue weighted by Crippen LogP contribution is 2.28. The summed E-state index contributed by atoms with van der Waals surface area (Å²) in [6, 6.07) is 7.23. The van der Waals surface area contributed by atoms with Crippen molar-refractivity contribution in [3.63, 3.8) is 0 Å². The summed E-state index contributed by atoms with van der Waals surface area (Å²) in [6.07, 6.45) is -1.71. The Hall–Kier alpha value is -2.08. The van der Waals surface area contributed by atoms with Gasteiger partial charge in [-0.25, -0.2) is 9.78 Å². The summed E-state index contributed by atoms with van der Waals surface area (Å²) in [5.41, 5.74) is -0.361. The number of alkyl carbamates (subject to hydrolysis) is 1. The van der Waals surface area contributed by atoms with Crippen molar-refractivity contribution in [2.24, 2.45) is 0 Å². The quantitative estimate of drug-likeness (QED) is 0.910. The van der Waals surface area contributed by atoms with Crippen LogP contribution in [0, 0.1) is 0 Å². The van der Waals surface area contributed by atoms with Gasteiger partial charge in [0, 0.05) is 0 Å². The number of aliphatic hydroxyl groups excluding tert-OH is 1. The number of carbonyl (C=O) groups excluding carboxylic acids is 1. The van der Waals surface area contributed by atoms with E-state index in [2.05, 4.69) is 10.3 Å². The second-order valence-corrected chi connectivity index (χ2v) is 6.77. The van der Waals surface area contributed by atoms with E-state index in [4.69, 9.17) is 9.15 Å². The largest absolute Gasteiger partial charge is 0.444 e. The number of ether oxygens (including phenoxy) is 1. The lowest BCUT2D eigenvalue weighted by atomic mass is 9.97. The molecule has 6 heteroatoms. The van der Waals surface area contributed by atoms with Gasteiger partial charge in [-0.05, 0) is 46.8 Å². The molecule has 1 atom stereocenters. The maximum Gasteiger partial charge on any atom is 0.408 e. The van der Waals surface area contributed by atoms with E-state index in [-0.39, 0.29) is 5.89 Å². The second kappa shape index (κ2) is 5.61. The molecule has 1 aromatic heterocycles. The van der Waals surface area contributed by atoms with Crippen LogP contribution in [0.1, 0.15) is 46.6 Å². The minimum atomic E-state index is -1.10. The standard InChI is InChI=1S/C16H22N2O4/c1-15(2,3)22-14(20)18-16(4,5)12(19)13-17-10-8-6-7-9-11(10)21-13/h6-9,12,19H,1-5H3,(H,18,20). The van der Waals surface area contributed by atoms with Crippen LogP contribution in [0.3, 0.4) is 0 Å². The summed E-state index contributed by atoms with van der Waals surface area (Å²) < 4.78 is 10.8. The van der Waals surface area contributed by atoms with E-state index < -0.39 is 23.3 Å². The second-order valence-electron chi connectivity index (χ2n) is 6.77. The van der Waals surface area contributed by atoms with Gasteiger partial charge in [0.2, 0.25) is 5.89 Å². The number of nitrogens with zero attached hydrogens (tertiary/aromatic N) is 1. The van der Waals surface area contributed by atoms with Crippen LogP contribution in [0.2, 0.25) is 0 Å². The first-order chi connectivity index (χ1) is 10.1. The normalized spacial score (nSPS) is 13.9. The number of amides is 1. The molecule has 0 spiro atoms. The van der Waals surface area contributed by atoms with E-state index in [0.717, 1.165) is 0 Å². The Kier molecular flexibility index (Phi) is 4.15. The average molecular weight is 306 g/mol. The van der Waals surface area contributed by atoms with Gasteiger partial charge in [0.15, 0.2) is 11.7 Å². The molecule has 2 aromatic rings. The highest BCUT2D eigenvalue weighted by atomic mass is 16.6. The Bertz CT molecular complexity index is 637. The number of aliphatic hydroxyl groups is 1. The van der Waals surface area contributed by atoms with Gasteiger partial charge in [-0.2, -0.15) is 0 Å². The van der Waals surface area contributed by atoms with Crippen molar-refractivity contribution in [1.82, 2.24) is 10.3 Å². The van der Waals surface area contributed by atoms with Crippen molar-refractivity contribution in [2.45, 2.75) is 51.9 Å². The maximum atomic E-state index is 11.9. The van der Waals surface area contributed by atoms with Crippen LogP contribution < -0.4 is 5.32 Å². The molecule has 1 aromatic carbocycles. The van der Waals surface area contributed by atoms with Gasteiger partial charge in [0.25, 0.3) is 0 Å². The molecule has 1 amide bonds. The molecule has 0 saturated carbocycles. The molecule has 0 aliphatic carbocycles. The van der Waals surface area contributed by atoms with Crippen LogP contribution >= 0.6 is 0 Å². The van der Waals surface area contributed by atoms with Gasteiger partial charge in [-0.3, -0.25) is 0 Å². The third-order valence-corrected chi connectivity index (χ3v) is 3.05. The molecule has 2 N–H and O–H groups in total. The fourth-order valence-corrected chi connectivity index (χ4v) is 1.95. The van der Waals surface area contributed by atoms with Crippen LogP contribution in [0.5, 0.6) is 0 Å². The molecule has 22 heavy (non-hydrogen) atoms. The predicted molar refractivity (Wildman–Crippen MR) is 82.4 cm³/mol. The molecular weight excluding hydrogens is 284 g/mol. The Labute approximate surface area is 129 Å². The van der Waals surface area contributed by atoms with Gasteiger partial charge in [-0.1, -0.05) is 12.1 Å². The number of benzene rings is 1.